The first-order valence-corrected chi connectivity index (χ1v) is 5.71. The quantitative estimate of drug-likeness (QED) is 0.750. The van der Waals surface area contributed by atoms with E-state index in [-0.39, 0.29) is 5.03 Å². The highest BCUT2D eigenvalue weighted by Gasteiger charge is 2.09. The Kier molecular flexibility index (Phi) is 2.39. The Labute approximate surface area is 78.8 Å². The average molecular weight is 251 g/mol. The maximum absolute atomic E-state index is 11.0. The van der Waals surface area contributed by atoms with Crippen LogP contribution in [0.15, 0.2) is 21.8 Å². The van der Waals surface area contributed by atoms with Gasteiger partial charge in [-0.2, -0.15) is 0 Å². The van der Waals surface area contributed by atoms with Crippen molar-refractivity contribution in [3.63, 3.8) is 0 Å². The summed E-state index contributed by atoms with van der Waals surface area (Å²) in [5, 5.41) is -0.0191. The zero-order valence-corrected chi connectivity index (χ0v) is 8.68. The molecule has 0 aromatic carbocycles. The second-order valence-electron chi connectivity index (χ2n) is 2.33. The van der Waals surface area contributed by atoms with Crippen LogP contribution in [0.4, 0.5) is 5.69 Å². The van der Waals surface area contributed by atoms with Gasteiger partial charge in [0, 0.05) is 11.9 Å². The number of nitrogen functional groups attached to an aromatic ring is 1. The number of pyridine rings is 1. The Bertz CT molecular complexity index is 382. The first-order valence-electron chi connectivity index (χ1n) is 3.03. The standard InChI is InChI=1S/C6H7BrN2O2S/c1-12(10,11)6-3-4(8)2-5(7)9-6/h2-3H,1H3,(H2,8,9). The number of halogens is 1. The molecule has 0 unspecified atom stereocenters. The van der Waals surface area contributed by atoms with Crippen LogP contribution in [-0.2, 0) is 9.84 Å². The van der Waals surface area contributed by atoms with Gasteiger partial charge in [-0.25, -0.2) is 13.4 Å². The summed E-state index contributed by atoms with van der Waals surface area (Å²) >= 11 is 3.05. The fourth-order valence-electron chi connectivity index (χ4n) is 0.682. The number of hydrogen-bond donors (Lipinski definition) is 1. The molecule has 2 N–H and O–H groups in total. The van der Waals surface area contributed by atoms with Gasteiger partial charge in [0.05, 0.1) is 0 Å². The van der Waals surface area contributed by atoms with Crippen LogP contribution < -0.4 is 5.73 Å². The molecule has 6 heteroatoms. The molecule has 0 aliphatic heterocycles. The number of hydrogen-bond acceptors (Lipinski definition) is 4. The minimum Gasteiger partial charge on any atom is -0.399 e. The van der Waals surface area contributed by atoms with Gasteiger partial charge in [-0.1, -0.05) is 0 Å². The van der Waals surface area contributed by atoms with E-state index in [0.29, 0.717) is 10.3 Å². The van der Waals surface area contributed by atoms with E-state index < -0.39 is 9.84 Å². The zero-order chi connectivity index (χ0) is 9.35. The fraction of sp³-hybridized carbons (Fsp3) is 0.167. The molecule has 0 bridgehead atoms. The zero-order valence-electron chi connectivity index (χ0n) is 6.28. The summed E-state index contributed by atoms with van der Waals surface area (Å²) in [7, 11) is -3.27. The first-order chi connectivity index (χ1) is 5.39. The molecule has 66 valence electrons. The molecule has 0 radical (unpaired) electrons. The molecule has 0 saturated heterocycles. The third kappa shape index (κ3) is 2.18. The summed E-state index contributed by atoms with van der Waals surface area (Å²) in [5.74, 6) is 0. The molecule has 0 aliphatic rings. The SMILES string of the molecule is CS(=O)(=O)c1cc(N)cc(Br)n1. The van der Waals surface area contributed by atoms with Gasteiger partial charge in [0.15, 0.2) is 14.9 Å². The van der Waals surface area contributed by atoms with Crippen molar-refractivity contribution in [1.29, 1.82) is 0 Å². The molecule has 1 rings (SSSR count). The van der Waals surface area contributed by atoms with Crippen LogP contribution in [-0.4, -0.2) is 19.7 Å². The van der Waals surface area contributed by atoms with Gasteiger partial charge in [-0.15, -0.1) is 0 Å². The highest BCUT2D eigenvalue weighted by Crippen LogP contribution is 2.16. The van der Waals surface area contributed by atoms with Crippen molar-refractivity contribution in [3.8, 4) is 0 Å². The molecule has 1 aromatic rings. The number of nitrogens with two attached hydrogens (primary N) is 1. The molecular formula is C6H7BrN2O2S. The fourth-order valence-corrected chi connectivity index (χ4v) is 1.87. The summed E-state index contributed by atoms with van der Waals surface area (Å²) in [6, 6.07) is 2.86. The molecule has 1 aromatic heterocycles. The summed E-state index contributed by atoms with van der Waals surface area (Å²) in [6.07, 6.45) is 1.08. The van der Waals surface area contributed by atoms with Crippen LogP contribution in [0.3, 0.4) is 0 Å². The predicted octanol–water partition coefficient (Wildman–Crippen LogP) is 0.830. The highest BCUT2D eigenvalue weighted by molar-refractivity contribution is 9.10. The second kappa shape index (κ2) is 3.02. The smallest absolute Gasteiger partial charge is 0.192 e. The average Bonchev–Trinajstić information content (AvgIpc) is 1.82. The van der Waals surface area contributed by atoms with Crippen molar-refractivity contribution in [3.05, 3.63) is 16.7 Å². The predicted molar refractivity (Wildman–Crippen MR) is 49.5 cm³/mol. The van der Waals surface area contributed by atoms with E-state index in [2.05, 4.69) is 20.9 Å². The van der Waals surface area contributed by atoms with Crippen molar-refractivity contribution >= 4 is 31.5 Å². The van der Waals surface area contributed by atoms with E-state index in [1.807, 2.05) is 0 Å². The maximum Gasteiger partial charge on any atom is 0.192 e. The van der Waals surface area contributed by atoms with Gasteiger partial charge in [0.1, 0.15) is 4.60 Å². The molecule has 0 atom stereocenters. The number of sulfone groups is 1. The van der Waals surface area contributed by atoms with Crippen LogP contribution in [0.1, 0.15) is 0 Å². The molecule has 1 heterocycles. The summed E-state index contributed by atoms with van der Waals surface area (Å²) in [6.45, 7) is 0. The van der Waals surface area contributed by atoms with Crippen LogP contribution in [0.2, 0.25) is 0 Å². The van der Waals surface area contributed by atoms with Gasteiger partial charge < -0.3 is 5.73 Å². The lowest BCUT2D eigenvalue weighted by Gasteiger charge is -1.99. The van der Waals surface area contributed by atoms with E-state index in [4.69, 9.17) is 5.73 Å². The number of anilines is 1. The Hall–Kier alpha value is -0.620. The minimum atomic E-state index is -3.27. The molecule has 4 nitrogen and oxygen atoms in total. The first kappa shape index (κ1) is 9.47. The lowest BCUT2D eigenvalue weighted by atomic mass is 10.4. The van der Waals surface area contributed by atoms with Crippen LogP contribution in [0, 0.1) is 0 Å². The van der Waals surface area contributed by atoms with E-state index >= 15 is 0 Å². The van der Waals surface area contributed by atoms with E-state index in [1.54, 1.807) is 0 Å². The molecular weight excluding hydrogens is 244 g/mol. The number of rotatable bonds is 1. The minimum absolute atomic E-state index is 0.0191. The van der Waals surface area contributed by atoms with Gasteiger partial charge in [0.2, 0.25) is 0 Å². The van der Waals surface area contributed by atoms with Crippen molar-refractivity contribution < 1.29 is 8.42 Å². The van der Waals surface area contributed by atoms with Crippen molar-refractivity contribution in [1.82, 2.24) is 4.98 Å². The molecule has 0 amide bonds. The second-order valence-corrected chi connectivity index (χ2v) is 5.11. The highest BCUT2D eigenvalue weighted by atomic mass is 79.9. The molecule has 0 fully saturated rings. The Morgan fingerprint density at radius 1 is 1.50 bits per heavy atom. The van der Waals surface area contributed by atoms with Crippen LogP contribution >= 0.6 is 15.9 Å². The van der Waals surface area contributed by atoms with Crippen molar-refractivity contribution in [2.45, 2.75) is 5.03 Å². The third-order valence-corrected chi connectivity index (χ3v) is 2.55. The largest absolute Gasteiger partial charge is 0.399 e. The molecule has 12 heavy (non-hydrogen) atoms. The van der Waals surface area contributed by atoms with E-state index in [1.165, 1.54) is 12.1 Å². The molecule has 0 spiro atoms. The third-order valence-electron chi connectivity index (χ3n) is 1.17. The molecule has 0 saturated carbocycles. The van der Waals surface area contributed by atoms with Crippen molar-refractivity contribution in [2.75, 3.05) is 12.0 Å². The van der Waals surface area contributed by atoms with Gasteiger partial charge in [-0.05, 0) is 28.1 Å². The summed E-state index contributed by atoms with van der Waals surface area (Å²) < 4.78 is 22.4. The van der Waals surface area contributed by atoms with Crippen molar-refractivity contribution in [2.24, 2.45) is 0 Å². The Morgan fingerprint density at radius 3 is 2.50 bits per heavy atom. The van der Waals surface area contributed by atoms with Crippen LogP contribution in [0.5, 0.6) is 0 Å². The van der Waals surface area contributed by atoms with Crippen LogP contribution in [0.25, 0.3) is 0 Å². The van der Waals surface area contributed by atoms with Gasteiger partial charge >= 0.3 is 0 Å². The summed E-state index contributed by atoms with van der Waals surface area (Å²) in [4.78, 5) is 3.75. The van der Waals surface area contributed by atoms with Gasteiger partial charge in [-0.3, -0.25) is 0 Å². The van der Waals surface area contributed by atoms with E-state index in [0.717, 1.165) is 6.26 Å². The summed E-state index contributed by atoms with van der Waals surface area (Å²) in [5.41, 5.74) is 5.79. The van der Waals surface area contributed by atoms with E-state index in [9.17, 15) is 8.42 Å². The number of aromatic nitrogens is 1. The lowest BCUT2D eigenvalue weighted by Crippen LogP contribution is -2.01. The number of nitrogens with zero attached hydrogens (tertiary/aromatic N) is 1. The topological polar surface area (TPSA) is 73.0 Å². The molecule has 0 aliphatic carbocycles. The normalized spacial score (nSPS) is 11.5. The Balaban J connectivity index is 3.37. The van der Waals surface area contributed by atoms with Gasteiger partial charge in [0.25, 0.3) is 0 Å². The maximum atomic E-state index is 11.0. The monoisotopic (exact) mass is 250 g/mol. The lowest BCUT2D eigenvalue weighted by molar-refractivity contribution is 0.598. The Morgan fingerprint density at radius 2 is 2.08 bits per heavy atom.